The number of hydrogen-bond acceptors (Lipinski definition) is 12. The van der Waals surface area contributed by atoms with Crippen LogP contribution in [-0.4, -0.2) is 104 Å². The maximum Gasteiger partial charge on any atom is 0.351 e. The first-order valence-electron chi connectivity index (χ1n) is 17.3. The van der Waals surface area contributed by atoms with E-state index in [1.165, 1.54) is 41.9 Å². The number of aromatic carboxylic acids is 1. The van der Waals surface area contributed by atoms with Crippen LogP contribution in [0.25, 0.3) is 10.9 Å². The summed E-state index contributed by atoms with van der Waals surface area (Å²) in [5.74, 6) is -1.81. The maximum absolute atomic E-state index is 16.0. The highest BCUT2D eigenvalue weighted by Gasteiger charge is 2.39. The van der Waals surface area contributed by atoms with Crippen LogP contribution in [0, 0.1) is 5.82 Å². The number of methoxy groups -OCH3 is 1. The lowest BCUT2D eigenvalue weighted by molar-refractivity contribution is -0.112. The first kappa shape index (κ1) is 36.2. The standard InChI is InChI=1S/C36H35ClFN7O8S/c1-18-13-41(31-24(38)12-22-30(33(31)52-2)44(20-4-5-20)14-23(32(22)47)35(49)50)9-10-42(18)17-45-25-6-3-19(37)11-21(25)29(34(45)48)39-26-7-8-43(36(51)40-26)27-16-54-28(15-46)53-27/h3,6-8,11-12,14,18,20,27-28,46H,4-5,9-10,13,15-17H2,1-2H3,(H,49,50)/t18?,27-,28+/m1/s1. The van der Waals surface area contributed by atoms with Crippen LogP contribution < -0.4 is 25.7 Å². The number of piperazine rings is 1. The van der Waals surface area contributed by atoms with E-state index in [4.69, 9.17) is 21.1 Å². The number of carboxylic acids is 1. The fraction of sp³-hybridized carbons (Fsp3) is 0.389. The Kier molecular flexibility index (Phi) is 9.46. The normalized spacial score (nSPS) is 22.4. The summed E-state index contributed by atoms with van der Waals surface area (Å²) < 4.78 is 30.6. The zero-order valence-corrected chi connectivity index (χ0v) is 30.7. The van der Waals surface area contributed by atoms with Gasteiger partial charge in [-0.1, -0.05) is 11.6 Å². The molecule has 1 unspecified atom stereocenters. The van der Waals surface area contributed by atoms with Crippen molar-refractivity contribution in [2.45, 2.75) is 43.5 Å². The second kappa shape index (κ2) is 14.1. The number of benzene rings is 2. The van der Waals surface area contributed by atoms with Crippen molar-refractivity contribution in [3.8, 4) is 5.75 Å². The highest BCUT2D eigenvalue weighted by molar-refractivity contribution is 8.00. The van der Waals surface area contributed by atoms with E-state index in [1.807, 2.05) is 11.8 Å². The van der Waals surface area contributed by atoms with E-state index in [1.54, 1.807) is 27.7 Å². The van der Waals surface area contributed by atoms with Gasteiger partial charge in [-0.3, -0.25) is 24.0 Å². The summed E-state index contributed by atoms with van der Waals surface area (Å²) in [4.78, 5) is 66.1. The number of fused-ring (bicyclic) bond motifs is 2. The van der Waals surface area contributed by atoms with Gasteiger partial charge in [-0.15, -0.1) is 11.8 Å². The summed E-state index contributed by atoms with van der Waals surface area (Å²) in [6, 6.07) is 7.46. The Morgan fingerprint density at radius 2 is 1.96 bits per heavy atom. The number of halogens is 2. The lowest BCUT2D eigenvalue weighted by Gasteiger charge is -2.42. The number of carbonyl (C=O) groups excluding carboxylic acids is 1. The topological polar surface area (TPSA) is 172 Å². The number of nitrogens with zero attached hydrogens (tertiary/aromatic N) is 7. The summed E-state index contributed by atoms with van der Waals surface area (Å²) in [7, 11) is 1.41. The molecule has 18 heteroatoms. The minimum atomic E-state index is -1.38. The number of ether oxygens (including phenoxy) is 2. The molecule has 282 valence electrons. The number of hydrogen-bond donors (Lipinski definition) is 2. The Hall–Kier alpha value is -4.81. The number of aliphatic hydroxyl groups excluding tert-OH is 1. The van der Waals surface area contributed by atoms with E-state index < -0.39 is 46.0 Å². The third-order valence-electron chi connectivity index (χ3n) is 10.2. The van der Waals surface area contributed by atoms with Gasteiger partial charge in [0.15, 0.2) is 17.4 Å². The molecule has 4 aliphatic rings. The zero-order chi connectivity index (χ0) is 38.0. The molecule has 54 heavy (non-hydrogen) atoms. The van der Waals surface area contributed by atoms with E-state index in [0.29, 0.717) is 47.2 Å². The number of aliphatic imine (C=N–C) groups is 1. The van der Waals surface area contributed by atoms with Crippen molar-refractivity contribution in [1.29, 1.82) is 0 Å². The highest BCUT2D eigenvalue weighted by Crippen LogP contribution is 2.44. The second-order valence-corrected chi connectivity index (χ2v) is 15.2. The third kappa shape index (κ3) is 6.32. The van der Waals surface area contributed by atoms with Crippen molar-refractivity contribution in [2.75, 3.05) is 55.6 Å². The van der Waals surface area contributed by atoms with Crippen molar-refractivity contribution in [3.63, 3.8) is 0 Å². The van der Waals surface area contributed by atoms with Crippen molar-refractivity contribution < 1.29 is 33.7 Å². The molecular weight excluding hydrogens is 745 g/mol. The van der Waals surface area contributed by atoms with Gasteiger partial charge in [-0.2, -0.15) is 4.98 Å². The first-order valence-corrected chi connectivity index (χ1v) is 18.7. The molecule has 1 saturated carbocycles. The average molecular weight is 780 g/mol. The predicted molar refractivity (Wildman–Crippen MR) is 200 cm³/mol. The summed E-state index contributed by atoms with van der Waals surface area (Å²) >= 11 is 7.76. The molecule has 3 fully saturated rings. The SMILES string of the molecule is COc1c(N2CCN(CN3C(=O)C(=Nc4ccn([C@H]5CS[C@@H](CO)O5)c(=O)n4)c4cc(Cl)ccc43)C(C)C2)c(F)cc2c(=O)c(C(=O)O)cn(C3CC3)c12. The summed E-state index contributed by atoms with van der Waals surface area (Å²) in [6.07, 6.45) is 3.83. The number of carbonyl (C=O) groups is 2. The Morgan fingerprint density at radius 1 is 1.17 bits per heavy atom. The van der Waals surface area contributed by atoms with Gasteiger partial charge in [-0.25, -0.2) is 19.0 Å². The zero-order valence-electron chi connectivity index (χ0n) is 29.1. The predicted octanol–water partition coefficient (Wildman–Crippen LogP) is 3.61. The fourth-order valence-corrected chi connectivity index (χ4v) is 8.44. The molecule has 3 aliphatic heterocycles. The molecule has 2 aromatic carbocycles. The smallest absolute Gasteiger partial charge is 0.351 e. The molecule has 1 aliphatic carbocycles. The number of aliphatic hydroxyl groups is 1. The van der Waals surface area contributed by atoms with Crippen LogP contribution in [0.15, 0.2) is 57.3 Å². The highest BCUT2D eigenvalue weighted by atomic mass is 35.5. The molecule has 1 amide bonds. The number of rotatable bonds is 9. The minimum absolute atomic E-state index is 0.0269. The number of thioether (sulfide) groups is 1. The fourth-order valence-electron chi connectivity index (χ4n) is 7.33. The largest absolute Gasteiger partial charge is 0.492 e. The van der Waals surface area contributed by atoms with E-state index >= 15 is 4.39 Å². The van der Waals surface area contributed by atoms with E-state index in [2.05, 4.69) is 14.9 Å². The first-order chi connectivity index (χ1) is 26.0. The van der Waals surface area contributed by atoms with Gasteiger partial charge in [0.2, 0.25) is 5.43 Å². The number of anilines is 2. The summed E-state index contributed by atoms with van der Waals surface area (Å²) in [6.45, 7) is 3.08. The van der Waals surface area contributed by atoms with Crippen LogP contribution >= 0.6 is 23.4 Å². The Morgan fingerprint density at radius 3 is 2.63 bits per heavy atom. The van der Waals surface area contributed by atoms with Crippen molar-refractivity contribution in [1.82, 2.24) is 19.0 Å². The van der Waals surface area contributed by atoms with Gasteiger partial charge in [0, 0.05) is 60.5 Å². The summed E-state index contributed by atoms with van der Waals surface area (Å²) in [5, 5.41) is 19.4. The van der Waals surface area contributed by atoms with Gasteiger partial charge >= 0.3 is 11.7 Å². The van der Waals surface area contributed by atoms with E-state index in [9.17, 15) is 29.4 Å². The van der Waals surface area contributed by atoms with Crippen LogP contribution in [0.3, 0.4) is 0 Å². The number of pyridine rings is 1. The number of carboxylic acid groups (broad SMARTS) is 1. The van der Waals surface area contributed by atoms with Gasteiger partial charge in [0.25, 0.3) is 5.91 Å². The lowest BCUT2D eigenvalue weighted by Crippen LogP contribution is -2.55. The molecule has 0 bridgehead atoms. The molecular formula is C36H35ClFN7O8S. The molecule has 2 saturated heterocycles. The molecule has 8 rings (SSSR count). The molecule has 3 atom stereocenters. The average Bonchev–Trinajstić information content (AvgIpc) is 3.83. The summed E-state index contributed by atoms with van der Waals surface area (Å²) in [5.41, 5.74) is -0.545. The molecule has 2 aromatic heterocycles. The molecule has 5 heterocycles. The quantitative estimate of drug-likeness (QED) is 0.253. The van der Waals surface area contributed by atoms with E-state index in [0.717, 1.165) is 18.9 Å². The van der Waals surface area contributed by atoms with Gasteiger partial charge in [-0.05, 0) is 50.1 Å². The van der Waals surface area contributed by atoms with Crippen LogP contribution in [0.1, 0.15) is 48.0 Å². The number of aromatic nitrogens is 3. The Balaban J connectivity index is 1.05. The number of amides is 1. The van der Waals surface area contributed by atoms with Crippen molar-refractivity contribution in [2.24, 2.45) is 4.99 Å². The van der Waals surface area contributed by atoms with E-state index in [-0.39, 0.29) is 53.7 Å². The Bertz CT molecular complexity index is 2370. The van der Waals surface area contributed by atoms with Crippen LogP contribution in [0.2, 0.25) is 5.02 Å². The van der Waals surface area contributed by atoms with Crippen LogP contribution in [0.5, 0.6) is 5.75 Å². The maximum atomic E-state index is 16.0. The molecule has 0 spiro atoms. The third-order valence-corrected chi connectivity index (χ3v) is 11.5. The Labute approximate surface area is 316 Å². The van der Waals surface area contributed by atoms with Crippen molar-refractivity contribution >= 4 is 69.0 Å². The minimum Gasteiger partial charge on any atom is -0.492 e. The molecule has 4 aromatic rings. The second-order valence-electron chi connectivity index (χ2n) is 13.6. The molecule has 15 nitrogen and oxygen atoms in total. The van der Waals surface area contributed by atoms with Gasteiger partial charge in [0.05, 0.1) is 37.0 Å². The van der Waals surface area contributed by atoms with Crippen molar-refractivity contribution in [3.05, 3.63) is 85.4 Å². The van der Waals surface area contributed by atoms with Gasteiger partial charge < -0.3 is 29.2 Å². The molecule has 0 radical (unpaired) electrons. The van der Waals surface area contributed by atoms with Crippen LogP contribution in [-0.2, 0) is 9.53 Å². The monoisotopic (exact) mass is 779 g/mol. The van der Waals surface area contributed by atoms with Crippen LogP contribution in [0.4, 0.5) is 21.6 Å². The lowest BCUT2D eigenvalue weighted by atomic mass is 10.1. The van der Waals surface area contributed by atoms with Gasteiger partial charge in [0.1, 0.15) is 28.6 Å². The molecule has 2 N–H and O–H groups in total.